The third-order valence-electron chi connectivity index (χ3n) is 5.90. The van der Waals surface area contributed by atoms with Gasteiger partial charge in [-0.2, -0.15) is 0 Å². The van der Waals surface area contributed by atoms with Crippen molar-refractivity contribution in [2.75, 3.05) is 6.61 Å². The van der Waals surface area contributed by atoms with Gasteiger partial charge in [-0.25, -0.2) is 9.78 Å². The zero-order valence-electron chi connectivity index (χ0n) is 19.7. The van der Waals surface area contributed by atoms with E-state index in [0.29, 0.717) is 5.56 Å². The van der Waals surface area contributed by atoms with Crippen molar-refractivity contribution in [2.45, 2.75) is 27.3 Å². The van der Waals surface area contributed by atoms with Gasteiger partial charge in [0, 0.05) is 36.7 Å². The molecule has 10 nitrogen and oxygen atoms in total. The maximum atomic E-state index is 12.8. The summed E-state index contributed by atoms with van der Waals surface area (Å²) in [5.41, 5.74) is 3.40. The molecule has 0 saturated heterocycles. The highest BCUT2D eigenvalue weighted by Crippen LogP contribution is 2.21. The van der Waals surface area contributed by atoms with Gasteiger partial charge in [0.2, 0.25) is 5.78 Å². The first kappa shape index (κ1) is 23.0. The number of ketones is 1. The number of fused-ring (bicyclic) bond motifs is 1. The van der Waals surface area contributed by atoms with Gasteiger partial charge in [0.05, 0.1) is 6.33 Å². The van der Waals surface area contributed by atoms with Crippen LogP contribution in [0.25, 0.3) is 16.9 Å². The summed E-state index contributed by atoms with van der Waals surface area (Å²) in [6.07, 6.45) is 1.30. The van der Waals surface area contributed by atoms with Crippen molar-refractivity contribution in [3.63, 3.8) is 0 Å². The number of rotatable bonds is 6. The second kappa shape index (κ2) is 8.62. The fourth-order valence-electron chi connectivity index (χ4n) is 4.06. The molecule has 0 saturated carbocycles. The monoisotopic (exact) mass is 463 g/mol. The summed E-state index contributed by atoms with van der Waals surface area (Å²) in [6, 6.07) is 9.75. The molecular formula is C24H25N5O5. The average Bonchev–Trinajstić information content (AvgIpc) is 3.35. The lowest BCUT2D eigenvalue weighted by Gasteiger charge is -2.10. The van der Waals surface area contributed by atoms with Crippen molar-refractivity contribution in [3.05, 3.63) is 80.0 Å². The Morgan fingerprint density at radius 2 is 1.68 bits per heavy atom. The lowest BCUT2D eigenvalue weighted by atomic mass is 10.1. The number of nitrogens with zero attached hydrogens (tertiary/aromatic N) is 5. The topological polar surface area (TPSA) is 110 Å². The maximum absolute atomic E-state index is 12.8. The molecule has 10 heteroatoms. The molecule has 0 aliphatic heterocycles. The van der Waals surface area contributed by atoms with E-state index in [1.807, 2.05) is 49.6 Å². The number of benzene rings is 1. The van der Waals surface area contributed by atoms with E-state index < -0.39 is 23.8 Å². The smallest absolute Gasteiger partial charge is 0.332 e. The normalized spacial score (nSPS) is 11.2. The van der Waals surface area contributed by atoms with Crippen molar-refractivity contribution < 1.29 is 14.3 Å². The van der Waals surface area contributed by atoms with Gasteiger partial charge >= 0.3 is 11.7 Å². The second-order valence-corrected chi connectivity index (χ2v) is 8.29. The quantitative estimate of drug-likeness (QED) is 0.317. The van der Waals surface area contributed by atoms with Crippen LogP contribution in [-0.4, -0.2) is 41.6 Å². The van der Waals surface area contributed by atoms with E-state index in [9.17, 15) is 19.2 Å². The number of Topliss-reactive ketones (excluding diaryl/α,β-unsaturated/α-hetero) is 1. The molecule has 0 unspecified atom stereocenters. The van der Waals surface area contributed by atoms with E-state index in [1.54, 1.807) is 6.07 Å². The molecule has 34 heavy (non-hydrogen) atoms. The van der Waals surface area contributed by atoms with E-state index in [1.165, 1.54) is 29.6 Å². The van der Waals surface area contributed by atoms with Crippen LogP contribution in [0.4, 0.5) is 0 Å². The van der Waals surface area contributed by atoms with Crippen molar-refractivity contribution in [1.82, 2.24) is 23.3 Å². The summed E-state index contributed by atoms with van der Waals surface area (Å²) in [4.78, 5) is 53.9. The third kappa shape index (κ3) is 3.87. The molecule has 0 bridgehead atoms. The molecule has 0 spiro atoms. The number of imidazole rings is 1. The Balaban J connectivity index is 1.50. The molecule has 4 aromatic rings. The molecule has 0 radical (unpaired) electrons. The van der Waals surface area contributed by atoms with Crippen molar-refractivity contribution in [3.8, 4) is 5.69 Å². The second-order valence-electron chi connectivity index (χ2n) is 8.29. The Labute approximate surface area is 194 Å². The highest BCUT2D eigenvalue weighted by molar-refractivity contribution is 5.99. The van der Waals surface area contributed by atoms with Crippen LogP contribution >= 0.6 is 0 Å². The Bertz CT molecular complexity index is 1550. The fraction of sp³-hybridized carbons (Fsp3) is 0.292. The standard InChI is InChI=1S/C24H25N5O5/c1-14-6-8-17(9-7-14)29-15(2)10-18(16(29)3)19(30)12-34-20(31)11-28-13-25-22-21(28)23(32)27(5)24(33)26(22)4/h6-10,13H,11-12H2,1-5H3. The van der Waals surface area contributed by atoms with E-state index >= 15 is 0 Å². The summed E-state index contributed by atoms with van der Waals surface area (Å²) in [7, 11) is 2.84. The number of ether oxygens (including phenoxy) is 1. The molecule has 0 aliphatic rings. The largest absolute Gasteiger partial charge is 0.456 e. The van der Waals surface area contributed by atoms with Crippen LogP contribution in [0.3, 0.4) is 0 Å². The van der Waals surface area contributed by atoms with Gasteiger partial charge < -0.3 is 13.9 Å². The SMILES string of the molecule is Cc1ccc(-n2c(C)cc(C(=O)COC(=O)Cn3cnc4c3c(=O)n(C)c(=O)n4C)c2C)cc1. The predicted molar refractivity (Wildman–Crippen MR) is 125 cm³/mol. The minimum atomic E-state index is -0.698. The van der Waals surface area contributed by atoms with Gasteiger partial charge in [-0.1, -0.05) is 17.7 Å². The number of esters is 1. The number of aromatic nitrogens is 5. The molecule has 3 heterocycles. The Hall–Kier alpha value is -4.21. The first-order valence-electron chi connectivity index (χ1n) is 10.7. The molecule has 0 aliphatic carbocycles. The van der Waals surface area contributed by atoms with Crippen LogP contribution in [0.5, 0.6) is 0 Å². The Morgan fingerprint density at radius 3 is 2.35 bits per heavy atom. The molecule has 0 fully saturated rings. The molecule has 3 aromatic heterocycles. The van der Waals surface area contributed by atoms with Gasteiger partial charge in [-0.15, -0.1) is 0 Å². The van der Waals surface area contributed by atoms with Gasteiger partial charge in [-0.3, -0.25) is 23.5 Å². The molecular weight excluding hydrogens is 438 g/mol. The first-order chi connectivity index (χ1) is 16.1. The summed E-state index contributed by atoms with van der Waals surface area (Å²) >= 11 is 0. The molecule has 0 atom stereocenters. The lowest BCUT2D eigenvalue weighted by molar-refractivity contribution is -0.143. The van der Waals surface area contributed by atoms with Crippen LogP contribution in [-0.2, 0) is 30.2 Å². The molecule has 4 rings (SSSR count). The number of aryl methyl sites for hydroxylation is 3. The molecule has 176 valence electrons. The highest BCUT2D eigenvalue weighted by atomic mass is 16.5. The van der Waals surface area contributed by atoms with Crippen molar-refractivity contribution in [1.29, 1.82) is 0 Å². The Kier molecular flexibility index (Phi) is 5.82. The van der Waals surface area contributed by atoms with Gasteiger partial charge in [0.1, 0.15) is 6.54 Å². The van der Waals surface area contributed by atoms with Gasteiger partial charge in [-0.05, 0) is 39.0 Å². The lowest BCUT2D eigenvalue weighted by Crippen LogP contribution is -2.37. The molecule has 0 amide bonds. The maximum Gasteiger partial charge on any atom is 0.332 e. The van der Waals surface area contributed by atoms with Crippen LogP contribution < -0.4 is 11.2 Å². The first-order valence-corrected chi connectivity index (χ1v) is 10.7. The number of carbonyl (C=O) groups is 2. The van der Waals surface area contributed by atoms with Crippen LogP contribution in [0.1, 0.15) is 27.3 Å². The van der Waals surface area contributed by atoms with Crippen LogP contribution in [0.2, 0.25) is 0 Å². The Morgan fingerprint density at radius 1 is 1.00 bits per heavy atom. The number of hydrogen-bond acceptors (Lipinski definition) is 6. The van der Waals surface area contributed by atoms with Crippen molar-refractivity contribution in [2.24, 2.45) is 14.1 Å². The summed E-state index contributed by atoms with van der Waals surface area (Å²) in [5.74, 6) is -1.02. The zero-order chi connectivity index (χ0) is 24.7. The van der Waals surface area contributed by atoms with Gasteiger partial charge in [0.25, 0.3) is 5.56 Å². The summed E-state index contributed by atoms with van der Waals surface area (Å²) in [5, 5.41) is 0. The zero-order valence-corrected chi connectivity index (χ0v) is 19.7. The van der Waals surface area contributed by atoms with E-state index in [2.05, 4.69) is 4.98 Å². The minimum Gasteiger partial charge on any atom is -0.456 e. The van der Waals surface area contributed by atoms with E-state index in [-0.39, 0.29) is 23.5 Å². The molecule has 1 aromatic carbocycles. The van der Waals surface area contributed by atoms with E-state index in [4.69, 9.17) is 4.74 Å². The highest BCUT2D eigenvalue weighted by Gasteiger charge is 2.20. The number of hydrogen-bond donors (Lipinski definition) is 0. The summed E-state index contributed by atoms with van der Waals surface area (Å²) < 4.78 is 10.7. The predicted octanol–water partition coefficient (Wildman–Crippen LogP) is 1.58. The third-order valence-corrected chi connectivity index (χ3v) is 5.90. The molecule has 0 N–H and O–H groups in total. The van der Waals surface area contributed by atoms with Crippen LogP contribution in [0.15, 0.2) is 46.2 Å². The van der Waals surface area contributed by atoms with Crippen molar-refractivity contribution >= 4 is 22.9 Å². The fourth-order valence-corrected chi connectivity index (χ4v) is 4.06. The number of carbonyl (C=O) groups excluding carboxylic acids is 2. The summed E-state index contributed by atoms with van der Waals surface area (Å²) in [6.45, 7) is 5.01. The average molecular weight is 463 g/mol. The minimum absolute atomic E-state index is 0.106. The van der Waals surface area contributed by atoms with E-state index in [0.717, 1.165) is 27.2 Å². The van der Waals surface area contributed by atoms with Gasteiger partial charge in [0.15, 0.2) is 17.8 Å². The van der Waals surface area contributed by atoms with Crippen LogP contribution in [0, 0.1) is 20.8 Å².